The van der Waals surface area contributed by atoms with Gasteiger partial charge in [-0.1, -0.05) is 45.4 Å². The van der Waals surface area contributed by atoms with Crippen LogP contribution in [0.3, 0.4) is 0 Å². The van der Waals surface area contributed by atoms with Crippen LogP contribution in [0.15, 0.2) is 48.5 Å². The van der Waals surface area contributed by atoms with E-state index in [1.54, 1.807) is 24.3 Å². The molecular formula is C30H39AsF3NO4. The molecule has 1 atom stereocenters. The number of carboxylic acids is 1. The molecule has 0 aliphatic rings. The second kappa shape index (κ2) is 17.2. The first kappa shape index (κ1) is 32.6. The third-order valence-corrected chi connectivity index (χ3v) is 11.2. The molecular weight excluding hydrogens is 570 g/mol. The van der Waals surface area contributed by atoms with Gasteiger partial charge in [0.05, 0.1) is 0 Å². The monoisotopic (exact) mass is 609 g/mol. The zero-order chi connectivity index (χ0) is 28.7. The van der Waals surface area contributed by atoms with Crippen molar-refractivity contribution in [2.75, 3.05) is 5.32 Å². The van der Waals surface area contributed by atoms with Gasteiger partial charge in [0.25, 0.3) is 0 Å². The number of unbranched alkanes of at least 4 members (excludes halogenated alkanes) is 9. The summed E-state index contributed by atoms with van der Waals surface area (Å²) in [5.74, 6) is -1.57. The summed E-state index contributed by atoms with van der Waals surface area (Å²) in [4.78, 5) is 36.0. The molecule has 0 saturated carbocycles. The number of benzene rings is 2. The van der Waals surface area contributed by atoms with Gasteiger partial charge in [0, 0.05) is 0 Å². The Morgan fingerprint density at radius 1 is 0.744 bits per heavy atom. The van der Waals surface area contributed by atoms with Crippen LogP contribution < -0.4 is 5.32 Å². The van der Waals surface area contributed by atoms with Gasteiger partial charge in [0.2, 0.25) is 0 Å². The first-order chi connectivity index (χ1) is 18.6. The Morgan fingerprint density at radius 2 is 1.21 bits per heavy atom. The zero-order valence-electron chi connectivity index (χ0n) is 22.6. The molecule has 0 aliphatic heterocycles. The van der Waals surface area contributed by atoms with E-state index in [1.165, 1.54) is 57.1 Å². The molecule has 0 saturated heterocycles. The normalized spacial score (nSPS) is 12.2. The number of alkyl halides is 3. The van der Waals surface area contributed by atoms with Crippen LogP contribution in [0.4, 0.5) is 18.9 Å². The van der Waals surface area contributed by atoms with Crippen LogP contribution in [-0.2, 0) is 31.0 Å². The number of carbonyl (C=O) groups is 3. The maximum absolute atomic E-state index is 12.8. The number of hydrogen-bond acceptors (Lipinski definition) is 3. The third-order valence-electron chi connectivity index (χ3n) is 6.49. The molecule has 1 unspecified atom stereocenters. The van der Waals surface area contributed by atoms with Gasteiger partial charge in [-0.15, -0.1) is 0 Å². The molecule has 0 aliphatic carbocycles. The van der Waals surface area contributed by atoms with Crippen molar-refractivity contribution in [3.8, 4) is 0 Å². The van der Waals surface area contributed by atoms with Gasteiger partial charge < -0.3 is 0 Å². The molecule has 1 amide bonds. The van der Waals surface area contributed by atoms with E-state index in [-0.39, 0.29) is 16.3 Å². The van der Waals surface area contributed by atoms with Crippen molar-refractivity contribution >= 4 is 36.8 Å². The first-order valence-corrected chi connectivity index (χ1v) is 17.3. The second-order valence-electron chi connectivity index (χ2n) is 9.84. The van der Waals surface area contributed by atoms with Crippen LogP contribution in [0.25, 0.3) is 0 Å². The summed E-state index contributed by atoms with van der Waals surface area (Å²) in [7, 11) is 0. The van der Waals surface area contributed by atoms with Crippen LogP contribution in [0.1, 0.15) is 94.2 Å². The summed E-state index contributed by atoms with van der Waals surface area (Å²) >= 11 is -2.67. The van der Waals surface area contributed by atoms with Crippen LogP contribution in [0, 0.1) is 0 Å². The minimum absolute atomic E-state index is 0.0570. The second-order valence-corrected chi connectivity index (χ2v) is 14.3. The molecule has 2 aromatic carbocycles. The fourth-order valence-electron chi connectivity index (χ4n) is 4.26. The first-order valence-electron chi connectivity index (χ1n) is 13.7. The van der Waals surface area contributed by atoms with Gasteiger partial charge in [0.1, 0.15) is 0 Å². The van der Waals surface area contributed by atoms with Crippen molar-refractivity contribution < 1.29 is 32.7 Å². The van der Waals surface area contributed by atoms with Crippen molar-refractivity contribution in [2.24, 2.45) is 0 Å². The van der Waals surface area contributed by atoms with Crippen LogP contribution in [0.5, 0.6) is 0 Å². The Bertz CT molecular complexity index is 1040. The minimum atomic E-state index is -4.46. The molecule has 0 radical (unpaired) electrons. The van der Waals surface area contributed by atoms with Gasteiger partial charge in [0.15, 0.2) is 0 Å². The van der Waals surface area contributed by atoms with E-state index in [2.05, 4.69) is 12.2 Å². The Morgan fingerprint density at radius 3 is 1.67 bits per heavy atom. The number of hydrogen-bond donors (Lipinski definition) is 2. The number of carbonyl (C=O) groups excluding carboxylic acids is 2. The fourth-order valence-corrected chi connectivity index (χ4v) is 8.40. The molecule has 0 fully saturated rings. The van der Waals surface area contributed by atoms with E-state index < -0.39 is 36.9 Å². The standard InChI is InChI=1S/C30H39AsF3NO4/c1-2-3-4-5-6-7-8-9-10-11-12-27(36)35-26-19-15-24(16-20-26)22-31(28(37)29(38)39)21-23-13-17-25(18-14-23)30(32,33)34/h13-20H,2-12,21-22H2,1H3,(H,35,36)(H,38,39). The Hall–Kier alpha value is -2.60. The zero-order valence-corrected chi connectivity index (χ0v) is 24.4. The molecule has 0 bridgehead atoms. The summed E-state index contributed by atoms with van der Waals surface area (Å²) in [6.45, 7) is 2.22. The SMILES string of the molecule is CCCCCCCCCCCCC(=O)Nc1ccc(C[As](Cc2ccc(C(F)(F)F)cc2)C(=O)C(=O)O)cc1. The predicted octanol–water partition coefficient (Wildman–Crippen LogP) is 7.51. The van der Waals surface area contributed by atoms with Gasteiger partial charge in [-0.3, -0.25) is 0 Å². The van der Waals surface area contributed by atoms with Gasteiger partial charge in [-0.2, -0.15) is 0 Å². The van der Waals surface area contributed by atoms with E-state index >= 15 is 0 Å². The van der Waals surface area contributed by atoms with E-state index in [1.807, 2.05) is 0 Å². The number of halogens is 3. The van der Waals surface area contributed by atoms with Crippen molar-refractivity contribution in [1.29, 1.82) is 0 Å². The van der Waals surface area contributed by atoms with Crippen molar-refractivity contribution in [3.05, 3.63) is 65.2 Å². The molecule has 214 valence electrons. The molecule has 9 heteroatoms. The Labute approximate surface area is 233 Å². The molecule has 0 spiro atoms. The predicted molar refractivity (Wildman–Crippen MR) is 149 cm³/mol. The third kappa shape index (κ3) is 12.9. The van der Waals surface area contributed by atoms with E-state index in [9.17, 15) is 32.7 Å². The number of rotatable bonds is 18. The summed E-state index contributed by atoms with van der Waals surface area (Å²) in [6, 6.07) is 11.4. The van der Waals surface area contributed by atoms with Crippen molar-refractivity contribution in [2.45, 2.75) is 94.1 Å². The summed E-state index contributed by atoms with van der Waals surface area (Å²) in [5, 5.41) is 12.5. The number of anilines is 1. The number of amides is 1. The number of carboxylic acid groups (broad SMARTS) is 1. The fraction of sp³-hybridized carbons (Fsp3) is 0.500. The quantitative estimate of drug-likeness (QED) is 0.104. The molecule has 0 heterocycles. The van der Waals surface area contributed by atoms with Gasteiger partial charge in [-0.05, 0) is 0 Å². The molecule has 0 aromatic heterocycles. The van der Waals surface area contributed by atoms with Crippen LogP contribution in [0.2, 0.25) is 0 Å². The average molecular weight is 610 g/mol. The summed E-state index contributed by atoms with van der Waals surface area (Å²) < 4.78 is 37.6. The Kier molecular flexibility index (Phi) is 14.4. The summed E-state index contributed by atoms with van der Waals surface area (Å²) in [5.41, 5.74) is 1.10. The van der Waals surface area contributed by atoms with Crippen molar-refractivity contribution in [1.82, 2.24) is 0 Å². The molecule has 5 nitrogen and oxygen atoms in total. The molecule has 39 heavy (non-hydrogen) atoms. The van der Waals surface area contributed by atoms with Crippen LogP contribution >= 0.6 is 0 Å². The number of aliphatic carboxylic acids is 1. The van der Waals surface area contributed by atoms with Crippen molar-refractivity contribution in [3.63, 3.8) is 0 Å². The van der Waals surface area contributed by atoms with E-state index in [0.29, 0.717) is 17.7 Å². The van der Waals surface area contributed by atoms with E-state index in [4.69, 9.17) is 0 Å². The average Bonchev–Trinajstić information content (AvgIpc) is 2.89. The summed E-state index contributed by atoms with van der Waals surface area (Å²) in [6.07, 6.45) is 7.98. The van der Waals surface area contributed by atoms with Gasteiger partial charge >= 0.3 is 189 Å². The number of nitrogens with one attached hydrogen (secondary N) is 1. The molecule has 2 rings (SSSR count). The van der Waals surface area contributed by atoms with E-state index in [0.717, 1.165) is 37.0 Å². The Balaban J connectivity index is 1.80. The molecule has 2 aromatic rings. The van der Waals surface area contributed by atoms with Gasteiger partial charge in [-0.25, -0.2) is 0 Å². The van der Waals surface area contributed by atoms with Crippen LogP contribution in [-0.4, -0.2) is 36.2 Å². The topological polar surface area (TPSA) is 83.5 Å². The maximum atomic E-state index is 12.8. The molecule has 2 N–H and O–H groups in total.